The Morgan fingerprint density at radius 2 is 0.895 bits per heavy atom. The summed E-state index contributed by atoms with van der Waals surface area (Å²) in [5, 5.41) is 15.7. The van der Waals surface area contributed by atoms with E-state index in [2.05, 4.69) is 60.7 Å². The second kappa shape index (κ2) is 4.87. The maximum Gasteiger partial charge on any atom is 0.0402 e. The van der Waals surface area contributed by atoms with E-state index in [1.807, 2.05) is 0 Å². The van der Waals surface area contributed by atoms with Crippen LogP contribution in [-0.2, 0) is 0 Å². The van der Waals surface area contributed by atoms with E-state index in [1.54, 1.807) is 6.92 Å². The standard InChI is InChI=1S/C16H10.C2H6O/c1-3-11-7-9-13-5-2-6-14-10-8-12(4-1)15(11)16(13)14;1-2-3/h1-10H;3H,2H2,1H3. The predicted octanol–water partition coefficient (Wildman–Crippen LogP) is 4.58. The summed E-state index contributed by atoms with van der Waals surface area (Å²) < 4.78 is 0. The molecule has 0 heterocycles. The van der Waals surface area contributed by atoms with E-state index in [0.29, 0.717) is 0 Å². The van der Waals surface area contributed by atoms with Crippen LogP contribution in [0.2, 0.25) is 0 Å². The third kappa shape index (κ3) is 1.92. The van der Waals surface area contributed by atoms with Crippen molar-refractivity contribution in [1.29, 1.82) is 0 Å². The fraction of sp³-hybridized carbons (Fsp3) is 0.111. The average Bonchev–Trinajstić information content (AvgIpc) is 2.46. The summed E-state index contributed by atoms with van der Waals surface area (Å²) in [4.78, 5) is 0. The van der Waals surface area contributed by atoms with Gasteiger partial charge in [-0.05, 0) is 39.2 Å². The number of hydrogen-bond acceptors (Lipinski definition) is 1. The number of rotatable bonds is 0. The molecule has 4 aromatic carbocycles. The highest BCUT2D eigenvalue weighted by atomic mass is 16.2. The van der Waals surface area contributed by atoms with Crippen LogP contribution in [0.25, 0.3) is 32.3 Å². The fourth-order valence-corrected chi connectivity index (χ4v) is 2.67. The molecule has 1 N–H and O–H groups in total. The van der Waals surface area contributed by atoms with Crippen LogP contribution in [0, 0.1) is 0 Å². The van der Waals surface area contributed by atoms with Crippen molar-refractivity contribution in [3.05, 3.63) is 60.7 Å². The Morgan fingerprint density at radius 1 is 0.632 bits per heavy atom. The molecule has 0 radical (unpaired) electrons. The van der Waals surface area contributed by atoms with Gasteiger partial charge in [-0.25, -0.2) is 0 Å². The highest BCUT2D eigenvalue weighted by Gasteiger charge is 2.05. The topological polar surface area (TPSA) is 20.2 Å². The van der Waals surface area contributed by atoms with Gasteiger partial charge in [0.1, 0.15) is 0 Å². The van der Waals surface area contributed by atoms with Crippen molar-refractivity contribution in [2.75, 3.05) is 6.61 Å². The average molecular weight is 248 g/mol. The monoisotopic (exact) mass is 248 g/mol. The maximum absolute atomic E-state index is 7.57. The van der Waals surface area contributed by atoms with Crippen molar-refractivity contribution in [3.63, 3.8) is 0 Å². The number of hydrogen-bond donors (Lipinski definition) is 1. The Hall–Kier alpha value is -2.12. The summed E-state index contributed by atoms with van der Waals surface area (Å²) in [5.41, 5.74) is 0. The van der Waals surface area contributed by atoms with Gasteiger partial charge in [-0.1, -0.05) is 60.7 Å². The van der Waals surface area contributed by atoms with Crippen molar-refractivity contribution >= 4 is 32.3 Å². The molecule has 0 spiro atoms. The van der Waals surface area contributed by atoms with Crippen LogP contribution in [0.4, 0.5) is 0 Å². The Balaban J connectivity index is 0.000000339. The van der Waals surface area contributed by atoms with Gasteiger partial charge < -0.3 is 5.11 Å². The van der Waals surface area contributed by atoms with Crippen molar-refractivity contribution in [2.45, 2.75) is 6.92 Å². The van der Waals surface area contributed by atoms with Crippen molar-refractivity contribution in [1.82, 2.24) is 0 Å². The molecular formula is C18H16O. The molecule has 0 unspecified atom stereocenters. The molecule has 0 saturated carbocycles. The van der Waals surface area contributed by atoms with Crippen molar-refractivity contribution < 1.29 is 5.11 Å². The largest absolute Gasteiger partial charge is 0.397 e. The van der Waals surface area contributed by atoms with Crippen LogP contribution < -0.4 is 0 Å². The van der Waals surface area contributed by atoms with E-state index < -0.39 is 0 Å². The zero-order chi connectivity index (χ0) is 13.2. The quantitative estimate of drug-likeness (QED) is 0.451. The Bertz CT molecular complexity index is 687. The van der Waals surface area contributed by atoms with Gasteiger partial charge in [-0.15, -0.1) is 0 Å². The molecular weight excluding hydrogens is 232 g/mol. The van der Waals surface area contributed by atoms with Crippen LogP contribution in [0.15, 0.2) is 60.7 Å². The van der Waals surface area contributed by atoms with Crippen LogP contribution in [-0.4, -0.2) is 11.7 Å². The zero-order valence-electron chi connectivity index (χ0n) is 10.9. The summed E-state index contributed by atoms with van der Waals surface area (Å²) in [5.74, 6) is 0. The first-order chi connectivity index (χ1) is 9.35. The van der Waals surface area contributed by atoms with Gasteiger partial charge >= 0.3 is 0 Å². The first kappa shape index (κ1) is 11.9. The molecule has 0 bridgehead atoms. The summed E-state index contributed by atoms with van der Waals surface area (Å²) >= 11 is 0. The van der Waals surface area contributed by atoms with E-state index >= 15 is 0 Å². The van der Waals surface area contributed by atoms with Gasteiger partial charge in [0.15, 0.2) is 0 Å². The lowest BCUT2D eigenvalue weighted by molar-refractivity contribution is 0.318. The minimum absolute atomic E-state index is 0.250. The van der Waals surface area contributed by atoms with Crippen molar-refractivity contribution in [3.8, 4) is 0 Å². The Morgan fingerprint density at radius 3 is 1.16 bits per heavy atom. The third-order valence-corrected chi connectivity index (χ3v) is 3.39. The number of aliphatic hydroxyl groups is 1. The van der Waals surface area contributed by atoms with Crippen LogP contribution in [0.1, 0.15) is 6.92 Å². The van der Waals surface area contributed by atoms with Gasteiger partial charge in [-0.3, -0.25) is 0 Å². The van der Waals surface area contributed by atoms with Gasteiger partial charge in [0.25, 0.3) is 0 Å². The van der Waals surface area contributed by atoms with Crippen LogP contribution >= 0.6 is 0 Å². The first-order valence-electron chi connectivity index (χ1n) is 6.58. The first-order valence-corrected chi connectivity index (χ1v) is 6.58. The molecule has 1 nitrogen and oxygen atoms in total. The van der Waals surface area contributed by atoms with Crippen LogP contribution in [0.3, 0.4) is 0 Å². The van der Waals surface area contributed by atoms with E-state index in [-0.39, 0.29) is 6.61 Å². The Labute approximate surface area is 112 Å². The minimum atomic E-state index is 0.250. The fourth-order valence-electron chi connectivity index (χ4n) is 2.67. The second-order valence-electron chi connectivity index (χ2n) is 4.61. The molecule has 0 fully saturated rings. The van der Waals surface area contributed by atoms with E-state index in [4.69, 9.17) is 5.11 Å². The van der Waals surface area contributed by atoms with Gasteiger partial charge in [0.2, 0.25) is 0 Å². The lowest BCUT2D eigenvalue weighted by atomic mass is 9.95. The molecule has 4 rings (SSSR count). The molecule has 0 atom stereocenters. The number of aliphatic hydroxyl groups excluding tert-OH is 1. The summed E-state index contributed by atoms with van der Waals surface area (Å²) in [6, 6.07) is 21.9. The lowest BCUT2D eigenvalue weighted by Gasteiger charge is -2.09. The van der Waals surface area contributed by atoms with Crippen molar-refractivity contribution in [2.24, 2.45) is 0 Å². The molecule has 0 aliphatic rings. The van der Waals surface area contributed by atoms with E-state index in [9.17, 15) is 0 Å². The summed E-state index contributed by atoms with van der Waals surface area (Å²) in [6.45, 7) is 1.93. The molecule has 94 valence electrons. The van der Waals surface area contributed by atoms with Crippen LogP contribution in [0.5, 0.6) is 0 Å². The summed E-state index contributed by atoms with van der Waals surface area (Å²) in [6.07, 6.45) is 0. The predicted molar refractivity (Wildman–Crippen MR) is 82.9 cm³/mol. The van der Waals surface area contributed by atoms with Gasteiger partial charge in [0.05, 0.1) is 0 Å². The smallest absolute Gasteiger partial charge is 0.0402 e. The van der Waals surface area contributed by atoms with E-state index in [0.717, 1.165) is 0 Å². The second-order valence-corrected chi connectivity index (χ2v) is 4.61. The SMILES string of the molecule is CCO.c1cc2ccc3cccc4ccc(c1)c2c34. The lowest BCUT2D eigenvalue weighted by Crippen LogP contribution is -1.82. The highest BCUT2D eigenvalue weighted by molar-refractivity contribution is 6.22. The maximum atomic E-state index is 7.57. The minimum Gasteiger partial charge on any atom is -0.397 e. The van der Waals surface area contributed by atoms with Gasteiger partial charge in [-0.2, -0.15) is 0 Å². The molecule has 0 amide bonds. The van der Waals surface area contributed by atoms with Gasteiger partial charge in [0, 0.05) is 6.61 Å². The third-order valence-electron chi connectivity index (χ3n) is 3.39. The highest BCUT2D eigenvalue weighted by Crippen LogP contribution is 2.33. The molecule has 1 heteroatoms. The number of benzene rings is 4. The molecule has 0 aliphatic heterocycles. The molecule has 4 aromatic rings. The summed E-state index contributed by atoms with van der Waals surface area (Å²) in [7, 11) is 0. The molecule has 0 aliphatic carbocycles. The molecule has 0 aromatic heterocycles. The Kier molecular flexibility index (Phi) is 3.06. The zero-order valence-corrected chi connectivity index (χ0v) is 10.9. The molecule has 0 saturated heterocycles. The molecule has 19 heavy (non-hydrogen) atoms. The normalized spacial score (nSPS) is 10.8. The van der Waals surface area contributed by atoms with E-state index in [1.165, 1.54) is 32.3 Å².